The van der Waals surface area contributed by atoms with Crippen molar-refractivity contribution in [2.45, 2.75) is 31.2 Å². The molecular formula is C21H21N3O3. The van der Waals surface area contributed by atoms with Gasteiger partial charge in [-0.3, -0.25) is 14.4 Å². The molecule has 0 bridgehead atoms. The molecule has 27 heavy (non-hydrogen) atoms. The van der Waals surface area contributed by atoms with Gasteiger partial charge in [-0.2, -0.15) is 0 Å². The Morgan fingerprint density at radius 3 is 2.59 bits per heavy atom. The summed E-state index contributed by atoms with van der Waals surface area (Å²) in [5.74, 6) is -0.205. The van der Waals surface area contributed by atoms with Gasteiger partial charge in [0.1, 0.15) is 6.54 Å². The molecule has 0 unspecified atom stereocenters. The van der Waals surface area contributed by atoms with Gasteiger partial charge in [0.25, 0.3) is 0 Å². The summed E-state index contributed by atoms with van der Waals surface area (Å²) in [6.45, 7) is -0.0177. The maximum atomic E-state index is 12.6. The zero-order valence-corrected chi connectivity index (χ0v) is 14.9. The number of hydrogen-bond acceptors (Lipinski definition) is 3. The number of benzene rings is 2. The van der Waals surface area contributed by atoms with E-state index in [1.165, 1.54) is 10.5 Å². The first-order valence-corrected chi connectivity index (χ1v) is 9.15. The molecule has 1 aliphatic heterocycles. The van der Waals surface area contributed by atoms with Crippen molar-refractivity contribution >= 4 is 29.1 Å². The highest BCUT2D eigenvalue weighted by Gasteiger charge is 2.39. The van der Waals surface area contributed by atoms with Gasteiger partial charge < -0.3 is 15.5 Å². The van der Waals surface area contributed by atoms with Crippen LogP contribution in [0.25, 0.3) is 0 Å². The first kappa shape index (κ1) is 17.3. The minimum absolute atomic E-state index is 0.0177. The first-order chi connectivity index (χ1) is 13.1. The van der Waals surface area contributed by atoms with Crippen LogP contribution in [0.4, 0.5) is 11.4 Å². The number of amides is 3. The molecule has 6 nitrogen and oxygen atoms in total. The number of nitrogens with one attached hydrogen (secondary N) is 2. The number of nitrogens with zero attached hydrogens (tertiary/aromatic N) is 1. The topological polar surface area (TPSA) is 78.5 Å². The van der Waals surface area contributed by atoms with Crippen molar-refractivity contribution < 1.29 is 14.4 Å². The van der Waals surface area contributed by atoms with E-state index in [-0.39, 0.29) is 43.1 Å². The maximum absolute atomic E-state index is 12.6. The van der Waals surface area contributed by atoms with E-state index in [0.717, 1.165) is 6.42 Å². The molecule has 2 aromatic carbocycles. The zero-order valence-electron chi connectivity index (χ0n) is 14.9. The van der Waals surface area contributed by atoms with E-state index in [1.54, 1.807) is 18.2 Å². The standard InChI is InChI=1S/C21H21N3O3/c25-19(23-17-12-15(17)14-6-2-1-3-7-14)10-11-21(27)24-13-20(26)22-16-8-4-5-9-18(16)24/h1-9,15,17H,10-13H2,(H,22,26)(H,23,25)/t15-,17-/m0/s1. The molecule has 4 rings (SSSR count). The van der Waals surface area contributed by atoms with Crippen LogP contribution in [0.15, 0.2) is 54.6 Å². The molecule has 0 aromatic heterocycles. The summed E-state index contributed by atoms with van der Waals surface area (Å²) in [4.78, 5) is 38.0. The Balaban J connectivity index is 1.30. The van der Waals surface area contributed by atoms with Crippen molar-refractivity contribution in [2.24, 2.45) is 0 Å². The summed E-state index contributed by atoms with van der Waals surface area (Å²) in [6, 6.07) is 17.4. The quantitative estimate of drug-likeness (QED) is 0.856. The SMILES string of the molecule is O=C1CN(C(=O)CCC(=O)N[C@H]2C[C@H]2c2ccccc2)c2ccccc2N1. The average molecular weight is 363 g/mol. The number of anilines is 2. The van der Waals surface area contributed by atoms with Gasteiger partial charge in [0.2, 0.25) is 17.7 Å². The zero-order chi connectivity index (χ0) is 18.8. The van der Waals surface area contributed by atoms with Gasteiger partial charge >= 0.3 is 0 Å². The van der Waals surface area contributed by atoms with E-state index in [4.69, 9.17) is 0 Å². The van der Waals surface area contributed by atoms with Gasteiger partial charge in [-0.1, -0.05) is 42.5 Å². The van der Waals surface area contributed by atoms with Gasteiger partial charge in [-0.25, -0.2) is 0 Å². The van der Waals surface area contributed by atoms with Crippen LogP contribution in [0.1, 0.15) is 30.7 Å². The highest BCUT2D eigenvalue weighted by atomic mass is 16.2. The van der Waals surface area contributed by atoms with E-state index in [0.29, 0.717) is 17.3 Å². The summed E-state index contributed by atoms with van der Waals surface area (Å²) >= 11 is 0. The average Bonchev–Trinajstić information content (AvgIpc) is 3.45. The molecule has 1 aliphatic carbocycles. The lowest BCUT2D eigenvalue weighted by Crippen LogP contribution is -2.42. The second-order valence-corrected chi connectivity index (χ2v) is 6.97. The number of fused-ring (bicyclic) bond motifs is 1. The van der Waals surface area contributed by atoms with Gasteiger partial charge in [0.05, 0.1) is 11.4 Å². The lowest BCUT2D eigenvalue weighted by Gasteiger charge is -2.29. The van der Waals surface area contributed by atoms with Gasteiger partial charge in [0.15, 0.2) is 0 Å². The summed E-state index contributed by atoms with van der Waals surface area (Å²) in [7, 11) is 0. The molecule has 1 fully saturated rings. The predicted molar refractivity (Wildman–Crippen MR) is 102 cm³/mol. The summed E-state index contributed by atoms with van der Waals surface area (Å²) in [5, 5.41) is 5.75. The van der Waals surface area contributed by atoms with E-state index >= 15 is 0 Å². The number of hydrogen-bond donors (Lipinski definition) is 2. The molecule has 3 amide bonds. The van der Waals surface area contributed by atoms with Crippen LogP contribution in [0.3, 0.4) is 0 Å². The molecule has 2 N–H and O–H groups in total. The lowest BCUT2D eigenvalue weighted by molar-refractivity contribution is -0.125. The van der Waals surface area contributed by atoms with Gasteiger partial charge in [-0.15, -0.1) is 0 Å². The van der Waals surface area contributed by atoms with Crippen LogP contribution >= 0.6 is 0 Å². The van der Waals surface area contributed by atoms with Gasteiger partial charge in [0, 0.05) is 24.8 Å². The Morgan fingerprint density at radius 1 is 1.04 bits per heavy atom. The van der Waals surface area contributed by atoms with E-state index in [2.05, 4.69) is 22.8 Å². The van der Waals surface area contributed by atoms with Crippen molar-refractivity contribution in [3.05, 3.63) is 60.2 Å². The van der Waals surface area contributed by atoms with E-state index < -0.39 is 0 Å². The van der Waals surface area contributed by atoms with Crippen molar-refractivity contribution in [1.29, 1.82) is 0 Å². The van der Waals surface area contributed by atoms with Crippen molar-refractivity contribution in [3.8, 4) is 0 Å². The molecule has 1 saturated carbocycles. The Labute approximate surface area is 157 Å². The van der Waals surface area contributed by atoms with Crippen molar-refractivity contribution in [1.82, 2.24) is 5.32 Å². The molecule has 138 valence electrons. The van der Waals surface area contributed by atoms with E-state index in [1.807, 2.05) is 24.3 Å². The normalized spacial score (nSPS) is 20.4. The highest BCUT2D eigenvalue weighted by Crippen LogP contribution is 2.40. The number of para-hydroxylation sites is 2. The van der Waals surface area contributed by atoms with Crippen LogP contribution in [-0.2, 0) is 14.4 Å². The first-order valence-electron chi connectivity index (χ1n) is 9.15. The second-order valence-electron chi connectivity index (χ2n) is 6.97. The molecule has 1 heterocycles. The van der Waals surface area contributed by atoms with Crippen LogP contribution in [0, 0.1) is 0 Å². The number of carbonyl (C=O) groups excluding carboxylic acids is 3. The minimum atomic E-state index is -0.227. The molecule has 6 heteroatoms. The summed E-state index contributed by atoms with van der Waals surface area (Å²) in [6.07, 6.45) is 1.14. The Bertz CT molecular complexity index is 881. The lowest BCUT2D eigenvalue weighted by atomic mass is 10.1. The maximum Gasteiger partial charge on any atom is 0.244 e. The van der Waals surface area contributed by atoms with Crippen LogP contribution in [0.2, 0.25) is 0 Å². The fourth-order valence-electron chi connectivity index (χ4n) is 3.51. The summed E-state index contributed by atoms with van der Waals surface area (Å²) < 4.78 is 0. The molecule has 2 aliphatic rings. The smallest absolute Gasteiger partial charge is 0.244 e. The molecule has 0 spiro atoms. The molecule has 0 saturated heterocycles. The summed E-state index contributed by atoms with van der Waals surface area (Å²) in [5.41, 5.74) is 2.53. The Kier molecular flexibility index (Phi) is 4.62. The fraction of sp³-hybridized carbons (Fsp3) is 0.286. The molecule has 2 atom stereocenters. The van der Waals surface area contributed by atoms with Crippen LogP contribution < -0.4 is 15.5 Å². The van der Waals surface area contributed by atoms with Crippen molar-refractivity contribution in [2.75, 3.05) is 16.8 Å². The largest absolute Gasteiger partial charge is 0.353 e. The molecule has 2 aromatic rings. The minimum Gasteiger partial charge on any atom is -0.353 e. The highest BCUT2D eigenvalue weighted by molar-refractivity contribution is 6.10. The van der Waals surface area contributed by atoms with Crippen LogP contribution in [0.5, 0.6) is 0 Å². The molecule has 0 radical (unpaired) electrons. The third kappa shape index (κ3) is 3.84. The third-order valence-electron chi connectivity index (χ3n) is 5.00. The van der Waals surface area contributed by atoms with Crippen LogP contribution in [-0.4, -0.2) is 30.3 Å². The Morgan fingerprint density at radius 2 is 1.78 bits per heavy atom. The number of rotatable bonds is 5. The van der Waals surface area contributed by atoms with Crippen molar-refractivity contribution in [3.63, 3.8) is 0 Å². The van der Waals surface area contributed by atoms with E-state index in [9.17, 15) is 14.4 Å². The number of carbonyl (C=O) groups is 3. The predicted octanol–water partition coefficient (Wildman–Crippen LogP) is 2.42. The Hall–Kier alpha value is -3.15. The van der Waals surface area contributed by atoms with Gasteiger partial charge in [-0.05, 0) is 24.1 Å². The second kappa shape index (κ2) is 7.23. The monoisotopic (exact) mass is 363 g/mol. The molecular weight excluding hydrogens is 342 g/mol. The third-order valence-corrected chi connectivity index (χ3v) is 5.00. The fourth-order valence-corrected chi connectivity index (χ4v) is 3.51.